The molecule has 28 heavy (non-hydrogen) atoms. The number of nitrogens with one attached hydrogen (secondary N) is 2. The molecule has 0 unspecified atom stereocenters. The molecule has 0 atom stereocenters. The molecule has 1 aliphatic heterocycles. The zero-order chi connectivity index (χ0) is 20.4. The number of guanidine groups is 1. The number of carbonyl (C=O) groups is 1. The van der Waals surface area contributed by atoms with E-state index in [0.717, 1.165) is 57.2 Å². The monoisotopic (exact) mass is 388 g/mol. The first-order chi connectivity index (χ1) is 13.5. The summed E-state index contributed by atoms with van der Waals surface area (Å²) in [6.45, 7) is 9.69. The van der Waals surface area contributed by atoms with Crippen molar-refractivity contribution in [2.75, 3.05) is 33.2 Å². The van der Waals surface area contributed by atoms with Crippen LogP contribution in [0.2, 0.25) is 0 Å². The highest BCUT2D eigenvalue weighted by Crippen LogP contribution is 2.20. The largest absolute Gasteiger partial charge is 0.491 e. The number of carbonyl (C=O) groups excluding carboxylic acids is 1. The van der Waals surface area contributed by atoms with Gasteiger partial charge in [-0.25, -0.2) is 0 Å². The number of piperidine rings is 1. The van der Waals surface area contributed by atoms with Gasteiger partial charge in [0.05, 0.1) is 6.10 Å². The van der Waals surface area contributed by atoms with Crippen molar-refractivity contribution in [2.45, 2.75) is 52.6 Å². The maximum absolute atomic E-state index is 11.6. The summed E-state index contributed by atoms with van der Waals surface area (Å²) in [6.07, 6.45) is 3.81. The lowest BCUT2D eigenvalue weighted by Gasteiger charge is -2.34. The third-order valence-electron chi connectivity index (χ3n) is 4.96. The van der Waals surface area contributed by atoms with Crippen LogP contribution in [0.15, 0.2) is 29.3 Å². The normalized spacial score (nSPS) is 15.6. The number of hydrogen-bond acceptors (Lipinski definition) is 3. The fourth-order valence-corrected chi connectivity index (χ4v) is 3.44. The highest BCUT2D eigenvalue weighted by atomic mass is 16.5. The van der Waals surface area contributed by atoms with E-state index >= 15 is 0 Å². The van der Waals surface area contributed by atoms with Crippen LogP contribution in [-0.4, -0.2) is 56.1 Å². The van der Waals surface area contributed by atoms with E-state index in [1.807, 2.05) is 26.0 Å². The van der Waals surface area contributed by atoms with Gasteiger partial charge < -0.3 is 20.3 Å². The standard InChI is InChI=1S/C22H36N4O2/c1-5-24-22(26-14-11-19(12-15-26)16-21(27)23-4)25-13-10-18-6-8-20(9-7-18)28-17(2)3/h6-9,17,19H,5,10-16H2,1-4H3,(H,23,27)(H,24,25). The molecule has 2 N–H and O–H groups in total. The van der Waals surface area contributed by atoms with Gasteiger partial charge in [-0.3, -0.25) is 9.79 Å². The van der Waals surface area contributed by atoms with Crippen LogP contribution in [0.3, 0.4) is 0 Å². The Kier molecular flexibility index (Phi) is 9.11. The number of benzene rings is 1. The van der Waals surface area contributed by atoms with Crippen molar-refractivity contribution in [3.8, 4) is 5.75 Å². The summed E-state index contributed by atoms with van der Waals surface area (Å²) < 4.78 is 5.69. The molecule has 1 aromatic carbocycles. The zero-order valence-corrected chi connectivity index (χ0v) is 17.8. The molecule has 156 valence electrons. The molecule has 0 aliphatic carbocycles. The molecular formula is C22H36N4O2. The summed E-state index contributed by atoms with van der Waals surface area (Å²) in [4.78, 5) is 18.7. The van der Waals surface area contributed by atoms with Crippen LogP contribution in [0, 0.1) is 5.92 Å². The maximum atomic E-state index is 11.6. The molecule has 2 rings (SSSR count). The van der Waals surface area contributed by atoms with Crippen molar-refractivity contribution >= 4 is 11.9 Å². The van der Waals surface area contributed by atoms with Crippen molar-refractivity contribution < 1.29 is 9.53 Å². The Morgan fingerprint density at radius 3 is 2.50 bits per heavy atom. The molecule has 6 nitrogen and oxygen atoms in total. The van der Waals surface area contributed by atoms with Gasteiger partial charge in [-0.05, 0) is 63.6 Å². The number of ether oxygens (including phenoxy) is 1. The van der Waals surface area contributed by atoms with Gasteiger partial charge >= 0.3 is 0 Å². The zero-order valence-electron chi connectivity index (χ0n) is 17.8. The van der Waals surface area contributed by atoms with Crippen LogP contribution >= 0.6 is 0 Å². The van der Waals surface area contributed by atoms with Gasteiger partial charge in [0.25, 0.3) is 0 Å². The molecular weight excluding hydrogens is 352 g/mol. The fraction of sp³-hybridized carbons (Fsp3) is 0.636. The predicted octanol–water partition coefficient (Wildman–Crippen LogP) is 2.83. The van der Waals surface area contributed by atoms with E-state index in [1.54, 1.807) is 7.05 Å². The summed E-state index contributed by atoms with van der Waals surface area (Å²) in [7, 11) is 1.71. The average Bonchev–Trinajstić information content (AvgIpc) is 2.69. The molecule has 1 saturated heterocycles. The smallest absolute Gasteiger partial charge is 0.220 e. The Morgan fingerprint density at radius 1 is 1.25 bits per heavy atom. The first-order valence-electron chi connectivity index (χ1n) is 10.5. The van der Waals surface area contributed by atoms with E-state index in [1.165, 1.54) is 5.56 Å². The lowest BCUT2D eigenvalue weighted by atomic mass is 9.93. The van der Waals surface area contributed by atoms with Crippen LogP contribution in [0.25, 0.3) is 0 Å². The number of amides is 1. The van der Waals surface area contributed by atoms with Crippen molar-refractivity contribution in [3.05, 3.63) is 29.8 Å². The third-order valence-corrected chi connectivity index (χ3v) is 4.96. The van der Waals surface area contributed by atoms with E-state index < -0.39 is 0 Å². The molecule has 0 radical (unpaired) electrons. The van der Waals surface area contributed by atoms with E-state index in [0.29, 0.717) is 12.3 Å². The second-order valence-corrected chi connectivity index (χ2v) is 7.60. The van der Waals surface area contributed by atoms with Crippen LogP contribution in [0.1, 0.15) is 45.6 Å². The molecule has 1 amide bonds. The predicted molar refractivity (Wildman–Crippen MR) is 115 cm³/mol. The molecule has 6 heteroatoms. The van der Waals surface area contributed by atoms with E-state index in [2.05, 4.69) is 34.6 Å². The van der Waals surface area contributed by atoms with Gasteiger partial charge in [0.2, 0.25) is 5.91 Å². The van der Waals surface area contributed by atoms with Gasteiger partial charge in [-0.15, -0.1) is 0 Å². The number of nitrogens with zero attached hydrogens (tertiary/aromatic N) is 2. The quantitative estimate of drug-likeness (QED) is 0.531. The van der Waals surface area contributed by atoms with Crippen LogP contribution in [-0.2, 0) is 11.2 Å². The third kappa shape index (κ3) is 7.41. The fourth-order valence-electron chi connectivity index (χ4n) is 3.44. The van der Waals surface area contributed by atoms with Crippen molar-refractivity contribution in [1.29, 1.82) is 0 Å². The second-order valence-electron chi connectivity index (χ2n) is 7.60. The van der Waals surface area contributed by atoms with Gasteiger partial charge in [0.15, 0.2) is 5.96 Å². The maximum Gasteiger partial charge on any atom is 0.220 e. The lowest BCUT2D eigenvalue weighted by Crippen LogP contribution is -2.46. The summed E-state index contributed by atoms with van der Waals surface area (Å²) in [5, 5.41) is 6.14. The minimum atomic E-state index is 0.142. The Morgan fingerprint density at radius 2 is 1.93 bits per heavy atom. The molecule has 1 fully saturated rings. The highest BCUT2D eigenvalue weighted by molar-refractivity contribution is 5.80. The number of aliphatic imine (C=N–C) groups is 1. The summed E-state index contributed by atoms with van der Waals surface area (Å²) in [5.74, 6) is 2.52. The number of hydrogen-bond donors (Lipinski definition) is 2. The molecule has 1 aliphatic rings. The molecule has 1 aromatic rings. The van der Waals surface area contributed by atoms with Gasteiger partial charge in [0, 0.05) is 39.6 Å². The SMILES string of the molecule is CCNC(=NCCc1ccc(OC(C)C)cc1)N1CCC(CC(=O)NC)CC1. The van der Waals surface area contributed by atoms with Gasteiger partial charge in [-0.1, -0.05) is 12.1 Å². The summed E-state index contributed by atoms with van der Waals surface area (Å²) >= 11 is 0. The number of likely N-dealkylation sites (tertiary alicyclic amines) is 1. The van der Waals surface area contributed by atoms with Crippen LogP contribution in [0.4, 0.5) is 0 Å². The van der Waals surface area contributed by atoms with Crippen molar-refractivity contribution in [1.82, 2.24) is 15.5 Å². The Labute approximate surface area is 169 Å². The van der Waals surface area contributed by atoms with E-state index in [9.17, 15) is 4.79 Å². The topological polar surface area (TPSA) is 66.0 Å². The molecule has 0 aromatic heterocycles. The second kappa shape index (κ2) is 11.6. The Hall–Kier alpha value is -2.24. The minimum absolute atomic E-state index is 0.142. The first-order valence-corrected chi connectivity index (χ1v) is 10.5. The van der Waals surface area contributed by atoms with Crippen molar-refractivity contribution in [2.24, 2.45) is 10.9 Å². The first kappa shape index (κ1) is 22.1. The summed E-state index contributed by atoms with van der Waals surface area (Å²) in [6, 6.07) is 8.29. The summed E-state index contributed by atoms with van der Waals surface area (Å²) in [5.41, 5.74) is 1.26. The Balaban J connectivity index is 1.84. The van der Waals surface area contributed by atoms with Crippen LogP contribution < -0.4 is 15.4 Å². The van der Waals surface area contributed by atoms with Crippen molar-refractivity contribution in [3.63, 3.8) is 0 Å². The lowest BCUT2D eigenvalue weighted by molar-refractivity contribution is -0.121. The average molecular weight is 389 g/mol. The van der Waals surface area contributed by atoms with Crippen LogP contribution in [0.5, 0.6) is 5.75 Å². The molecule has 0 bridgehead atoms. The number of rotatable bonds is 8. The van der Waals surface area contributed by atoms with E-state index in [4.69, 9.17) is 9.73 Å². The molecule has 0 saturated carbocycles. The Bertz CT molecular complexity index is 620. The molecule has 1 heterocycles. The minimum Gasteiger partial charge on any atom is -0.491 e. The molecule has 0 spiro atoms. The highest BCUT2D eigenvalue weighted by Gasteiger charge is 2.22. The van der Waals surface area contributed by atoms with Gasteiger partial charge in [0.1, 0.15) is 5.75 Å². The van der Waals surface area contributed by atoms with E-state index in [-0.39, 0.29) is 12.0 Å². The van der Waals surface area contributed by atoms with Gasteiger partial charge in [-0.2, -0.15) is 0 Å².